The van der Waals surface area contributed by atoms with Crippen LogP contribution < -0.4 is 4.90 Å². The van der Waals surface area contributed by atoms with E-state index in [9.17, 15) is 4.79 Å². The Kier molecular flexibility index (Phi) is 3.06. The van der Waals surface area contributed by atoms with Gasteiger partial charge in [-0.15, -0.1) is 0 Å². The fraction of sp³-hybridized carbons (Fsp3) is 0.400. The molecule has 0 fully saturated rings. The molecule has 1 atom stereocenters. The van der Waals surface area contributed by atoms with Gasteiger partial charge in [0.2, 0.25) is 0 Å². The number of likely N-dealkylation sites (N-methyl/N-ethyl adjacent to an activating group) is 1. The molecule has 0 radical (unpaired) electrons. The molecule has 0 spiro atoms. The van der Waals surface area contributed by atoms with E-state index in [0.29, 0.717) is 5.82 Å². The molecule has 1 N–H and O–H groups in total. The summed E-state index contributed by atoms with van der Waals surface area (Å²) in [7, 11) is 1.73. The molecular formula is C10H14N2O2. The molecule has 0 aliphatic carbocycles. The molecule has 0 bridgehead atoms. The molecule has 0 saturated carbocycles. The van der Waals surface area contributed by atoms with Gasteiger partial charge in [-0.1, -0.05) is 6.07 Å². The number of carbonyl (C=O) groups is 1. The molecule has 1 unspecified atom stereocenters. The average molecular weight is 194 g/mol. The zero-order chi connectivity index (χ0) is 10.7. The number of carboxylic acid groups (broad SMARTS) is 1. The third-order valence-electron chi connectivity index (χ3n) is 2.25. The second-order valence-electron chi connectivity index (χ2n) is 3.27. The lowest BCUT2D eigenvalue weighted by Crippen LogP contribution is -2.36. The molecule has 1 heterocycles. The maximum Gasteiger partial charge on any atom is 0.326 e. The molecule has 0 aromatic carbocycles. The number of pyridine rings is 1. The van der Waals surface area contributed by atoms with E-state index < -0.39 is 12.0 Å². The van der Waals surface area contributed by atoms with Gasteiger partial charge < -0.3 is 10.0 Å². The van der Waals surface area contributed by atoms with E-state index in [1.54, 1.807) is 25.1 Å². The van der Waals surface area contributed by atoms with Gasteiger partial charge in [0.05, 0.1) is 0 Å². The lowest BCUT2D eigenvalue weighted by atomic mass is 10.2. The molecule has 0 aliphatic heterocycles. The predicted molar refractivity (Wildman–Crippen MR) is 54.5 cm³/mol. The van der Waals surface area contributed by atoms with E-state index >= 15 is 0 Å². The molecule has 4 heteroatoms. The van der Waals surface area contributed by atoms with Crippen molar-refractivity contribution in [3.8, 4) is 0 Å². The largest absolute Gasteiger partial charge is 0.480 e. The third-order valence-corrected chi connectivity index (χ3v) is 2.25. The molecule has 1 aromatic heterocycles. The van der Waals surface area contributed by atoms with Crippen molar-refractivity contribution in [3.63, 3.8) is 0 Å². The van der Waals surface area contributed by atoms with Gasteiger partial charge in [-0.3, -0.25) is 0 Å². The van der Waals surface area contributed by atoms with Crippen LogP contribution in [0.25, 0.3) is 0 Å². The van der Waals surface area contributed by atoms with Crippen LogP contribution in [0.2, 0.25) is 0 Å². The standard InChI is InChI=1S/C10H14N2O2/c1-7-5-4-6-11-9(7)12(3)8(2)10(13)14/h4-6,8H,1-3H3,(H,13,14). The Bertz CT molecular complexity index is 339. The summed E-state index contributed by atoms with van der Waals surface area (Å²) >= 11 is 0. The van der Waals surface area contributed by atoms with Crippen LogP contribution in [-0.4, -0.2) is 29.1 Å². The van der Waals surface area contributed by atoms with Crippen molar-refractivity contribution in [1.29, 1.82) is 0 Å². The molecule has 4 nitrogen and oxygen atoms in total. The number of carboxylic acids is 1. The highest BCUT2D eigenvalue weighted by atomic mass is 16.4. The van der Waals surface area contributed by atoms with Crippen LogP contribution in [0.3, 0.4) is 0 Å². The number of anilines is 1. The van der Waals surface area contributed by atoms with E-state index in [2.05, 4.69) is 4.98 Å². The van der Waals surface area contributed by atoms with Gasteiger partial charge in [0.15, 0.2) is 0 Å². The first kappa shape index (κ1) is 10.5. The maximum atomic E-state index is 10.8. The fourth-order valence-corrected chi connectivity index (χ4v) is 1.20. The topological polar surface area (TPSA) is 53.4 Å². The highest BCUT2D eigenvalue weighted by Gasteiger charge is 2.18. The van der Waals surface area contributed by atoms with Crippen LogP contribution in [0, 0.1) is 6.92 Å². The Labute approximate surface area is 83.2 Å². The Balaban J connectivity index is 2.94. The van der Waals surface area contributed by atoms with Crippen molar-refractivity contribution < 1.29 is 9.90 Å². The molecule has 14 heavy (non-hydrogen) atoms. The van der Waals surface area contributed by atoms with E-state index in [-0.39, 0.29) is 0 Å². The maximum absolute atomic E-state index is 10.8. The molecule has 0 amide bonds. The van der Waals surface area contributed by atoms with Gasteiger partial charge in [0, 0.05) is 13.2 Å². The Morgan fingerprint density at radius 1 is 1.64 bits per heavy atom. The van der Waals surface area contributed by atoms with Crippen LogP contribution in [0.15, 0.2) is 18.3 Å². The van der Waals surface area contributed by atoms with Crippen LogP contribution in [0.4, 0.5) is 5.82 Å². The van der Waals surface area contributed by atoms with Crippen molar-refractivity contribution >= 4 is 11.8 Å². The molecule has 1 aromatic rings. The second-order valence-corrected chi connectivity index (χ2v) is 3.27. The fourth-order valence-electron chi connectivity index (χ4n) is 1.20. The minimum atomic E-state index is -0.849. The lowest BCUT2D eigenvalue weighted by molar-refractivity contribution is -0.138. The first-order chi connectivity index (χ1) is 6.54. The van der Waals surface area contributed by atoms with Crippen molar-refractivity contribution in [1.82, 2.24) is 4.98 Å². The van der Waals surface area contributed by atoms with E-state index in [4.69, 9.17) is 5.11 Å². The summed E-state index contributed by atoms with van der Waals surface area (Å²) in [4.78, 5) is 16.6. The first-order valence-corrected chi connectivity index (χ1v) is 4.41. The Morgan fingerprint density at radius 2 is 2.29 bits per heavy atom. The third kappa shape index (κ3) is 2.02. The second kappa shape index (κ2) is 4.09. The number of aliphatic carboxylic acids is 1. The first-order valence-electron chi connectivity index (χ1n) is 4.41. The van der Waals surface area contributed by atoms with Crippen LogP contribution in [0.1, 0.15) is 12.5 Å². The minimum Gasteiger partial charge on any atom is -0.480 e. The summed E-state index contributed by atoms with van der Waals surface area (Å²) in [6.07, 6.45) is 1.66. The van der Waals surface area contributed by atoms with E-state index in [0.717, 1.165) is 5.56 Å². The molecule has 0 saturated heterocycles. The zero-order valence-corrected chi connectivity index (χ0v) is 8.56. The van der Waals surface area contributed by atoms with Crippen LogP contribution >= 0.6 is 0 Å². The average Bonchev–Trinajstić information content (AvgIpc) is 2.16. The zero-order valence-electron chi connectivity index (χ0n) is 8.56. The molecule has 0 aliphatic rings. The highest BCUT2D eigenvalue weighted by Crippen LogP contribution is 2.16. The number of aryl methyl sites for hydroxylation is 1. The van der Waals surface area contributed by atoms with Gasteiger partial charge in [-0.25, -0.2) is 9.78 Å². The number of aromatic nitrogens is 1. The van der Waals surface area contributed by atoms with Gasteiger partial charge in [0.1, 0.15) is 11.9 Å². The number of rotatable bonds is 3. The minimum absolute atomic E-state index is 0.566. The van der Waals surface area contributed by atoms with Crippen molar-refractivity contribution in [2.45, 2.75) is 19.9 Å². The number of hydrogen-bond donors (Lipinski definition) is 1. The predicted octanol–water partition coefficient (Wildman–Crippen LogP) is 1.30. The summed E-state index contributed by atoms with van der Waals surface area (Å²) in [5.74, 6) is -0.139. The van der Waals surface area contributed by atoms with Crippen LogP contribution in [0.5, 0.6) is 0 Å². The van der Waals surface area contributed by atoms with E-state index in [1.165, 1.54) is 0 Å². The Morgan fingerprint density at radius 3 is 2.79 bits per heavy atom. The summed E-state index contributed by atoms with van der Waals surface area (Å²) in [5, 5.41) is 8.84. The lowest BCUT2D eigenvalue weighted by Gasteiger charge is -2.23. The SMILES string of the molecule is Cc1cccnc1N(C)C(C)C(=O)O. The van der Waals surface area contributed by atoms with Gasteiger partial charge >= 0.3 is 5.97 Å². The normalized spacial score (nSPS) is 12.2. The van der Waals surface area contributed by atoms with Crippen LogP contribution in [-0.2, 0) is 4.79 Å². The van der Waals surface area contributed by atoms with Crippen molar-refractivity contribution in [2.75, 3.05) is 11.9 Å². The molecule has 1 rings (SSSR count). The van der Waals surface area contributed by atoms with Crippen molar-refractivity contribution in [2.24, 2.45) is 0 Å². The summed E-state index contributed by atoms with van der Waals surface area (Å²) in [6.45, 7) is 3.55. The molecule has 76 valence electrons. The van der Waals surface area contributed by atoms with Gasteiger partial charge in [-0.05, 0) is 25.5 Å². The van der Waals surface area contributed by atoms with Gasteiger partial charge in [-0.2, -0.15) is 0 Å². The highest BCUT2D eigenvalue weighted by molar-refractivity contribution is 5.77. The monoisotopic (exact) mass is 194 g/mol. The van der Waals surface area contributed by atoms with E-state index in [1.807, 2.05) is 19.1 Å². The Hall–Kier alpha value is -1.58. The number of hydrogen-bond acceptors (Lipinski definition) is 3. The number of nitrogens with zero attached hydrogens (tertiary/aromatic N) is 2. The summed E-state index contributed by atoms with van der Waals surface area (Å²) in [5.41, 5.74) is 0.975. The quantitative estimate of drug-likeness (QED) is 0.788. The summed E-state index contributed by atoms with van der Waals surface area (Å²) in [6, 6.07) is 3.18. The van der Waals surface area contributed by atoms with Crippen molar-refractivity contribution in [3.05, 3.63) is 23.9 Å². The van der Waals surface area contributed by atoms with Gasteiger partial charge in [0.25, 0.3) is 0 Å². The summed E-state index contributed by atoms with van der Waals surface area (Å²) < 4.78 is 0. The molecular weight excluding hydrogens is 180 g/mol. The smallest absolute Gasteiger partial charge is 0.326 e.